The van der Waals surface area contributed by atoms with Gasteiger partial charge in [-0.1, -0.05) is 0 Å². The number of hydrogen-bond acceptors (Lipinski definition) is 3. The molecule has 1 aliphatic heterocycles. The van der Waals surface area contributed by atoms with Gasteiger partial charge in [0.25, 0.3) is 5.91 Å². The zero-order valence-electron chi connectivity index (χ0n) is 10.6. The Balaban J connectivity index is 2.13. The molecule has 19 heavy (non-hydrogen) atoms. The number of primary amides is 1. The summed E-state index contributed by atoms with van der Waals surface area (Å²) in [5.41, 5.74) is 5.20. The maximum absolute atomic E-state index is 13.3. The summed E-state index contributed by atoms with van der Waals surface area (Å²) in [5.74, 6) is -1.81. The molecule has 0 aliphatic carbocycles. The second-order valence-electron chi connectivity index (χ2n) is 4.69. The zero-order chi connectivity index (χ0) is 14.0. The predicted molar refractivity (Wildman–Crippen MR) is 69.1 cm³/mol. The van der Waals surface area contributed by atoms with Gasteiger partial charge >= 0.3 is 0 Å². The number of halogens is 1. The van der Waals surface area contributed by atoms with Crippen molar-refractivity contribution in [3.05, 3.63) is 29.6 Å². The molecule has 0 aromatic heterocycles. The van der Waals surface area contributed by atoms with E-state index in [9.17, 15) is 14.0 Å². The van der Waals surface area contributed by atoms with Gasteiger partial charge in [-0.2, -0.15) is 0 Å². The van der Waals surface area contributed by atoms with Gasteiger partial charge in [0.1, 0.15) is 5.82 Å². The molecule has 1 fully saturated rings. The molecule has 1 heterocycles. The van der Waals surface area contributed by atoms with Crippen LogP contribution in [0, 0.1) is 11.7 Å². The summed E-state index contributed by atoms with van der Waals surface area (Å²) in [6.45, 7) is 2.74. The van der Waals surface area contributed by atoms with Crippen LogP contribution in [0.4, 0.5) is 10.1 Å². The Morgan fingerprint density at radius 1 is 1.47 bits per heavy atom. The molecule has 2 amide bonds. The molecule has 0 bridgehead atoms. The number of carbonyl (C=O) groups is 2. The number of amides is 2. The van der Waals surface area contributed by atoms with Crippen LogP contribution < -0.4 is 16.4 Å². The molecule has 102 valence electrons. The van der Waals surface area contributed by atoms with E-state index >= 15 is 0 Å². The first-order valence-corrected chi connectivity index (χ1v) is 6.12. The third-order valence-electron chi connectivity index (χ3n) is 3.36. The number of nitrogens with two attached hydrogens (primary N) is 1. The van der Waals surface area contributed by atoms with E-state index in [0.29, 0.717) is 5.69 Å². The normalized spacial score (nSPS) is 22.2. The highest BCUT2D eigenvalue weighted by Crippen LogP contribution is 2.19. The molecule has 1 aromatic rings. The minimum Gasteiger partial charge on any atom is -0.366 e. The fraction of sp³-hybridized carbons (Fsp3) is 0.385. The Bertz CT molecular complexity index is 519. The van der Waals surface area contributed by atoms with Crippen molar-refractivity contribution in [2.45, 2.75) is 19.4 Å². The lowest BCUT2D eigenvalue weighted by atomic mass is 10.0. The smallest absolute Gasteiger partial charge is 0.251 e. The summed E-state index contributed by atoms with van der Waals surface area (Å²) < 4.78 is 13.3. The lowest BCUT2D eigenvalue weighted by Crippen LogP contribution is -2.32. The van der Waals surface area contributed by atoms with E-state index < -0.39 is 11.7 Å². The van der Waals surface area contributed by atoms with Crippen molar-refractivity contribution in [1.29, 1.82) is 0 Å². The van der Waals surface area contributed by atoms with Crippen molar-refractivity contribution in [2.75, 3.05) is 11.9 Å². The quantitative estimate of drug-likeness (QED) is 0.758. The van der Waals surface area contributed by atoms with Gasteiger partial charge in [0.2, 0.25) is 5.91 Å². The standard InChI is InChI=1S/C13H16FN3O2/c1-7-9(4-5-16-7)13(19)17-8-2-3-11(14)10(6-8)12(15)18/h2-3,6-7,9,16H,4-5H2,1H3,(H2,15,18)(H,17,19). The van der Waals surface area contributed by atoms with E-state index in [1.54, 1.807) is 0 Å². The van der Waals surface area contributed by atoms with Gasteiger partial charge in [0.05, 0.1) is 11.5 Å². The summed E-state index contributed by atoms with van der Waals surface area (Å²) in [5, 5.41) is 5.86. The van der Waals surface area contributed by atoms with Crippen LogP contribution in [0.3, 0.4) is 0 Å². The second-order valence-corrected chi connectivity index (χ2v) is 4.69. The molecule has 0 spiro atoms. The van der Waals surface area contributed by atoms with E-state index in [-0.39, 0.29) is 23.4 Å². The second kappa shape index (κ2) is 5.36. The first kappa shape index (κ1) is 13.5. The van der Waals surface area contributed by atoms with Crippen molar-refractivity contribution in [2.24, 2.45) is 11.7 Å². The average molecular weight is 265 g/mol. The molecule has 6 heteroatoms. The van der Waals surface area contributed by atoms with Crippen molar-refractivity contribution >= 4 is 17.5 Å². The zero-order valence-corrected chi connectivity index (χ0v) is 10.6. The minimum atomic E-state index is -0.857. The van der Waals surface area contributed by atoms with Gasteiger partial charge in [-0.3, -0.25) is 9.59 Å². The van der Waals surface area contributed by atoms with Gasteiger partial charge < -0.3 is 16.4 Å². The molecular formula is C13H16FN3O2. The molecule has 0 saturated carbocycles. The highest BCUT2D eigenvalue weighted by Gasteiger charge is 2.29. The third kappa shape index (κ3) is 2.90. The number of rotatable bonds is 3. The number of carbonyl (C=O) groups excluding carboxylic acids is 2. The van der Waals surface area contributed by atoms with Gasteiger partial charge in [-0.05, 0) is 38.1 Å². The molecule has 2 unspecified atom stereocenters. The van der Waals surface area contributed by atoms with Crippen LogP contribution in [0.1, 0.15) is 23.7 Å². The molecule has 1 aliphatic rings. The number of hydrogen-bond donors (Lipinski definition) is 3. The summed E-state index contributed by atoms with van der Waals surface area (Å²) in [6.07, 6.45) is 0.761. The minimum absolute atomic E-state index is 0.107. The fourth-order valence-electron chi connectivity index (χ4n) is 2.24. The topological polar surface area (TPSA) is 84.2 Å². The Labute approximate surface area is 110 Å². The van der Waals surface area contributed by atoms with Gasteiger partial charge in [-0.25, -0.2) is 4.39 Å². The molecular weight excluding hydrogens is 249 g/mol. The Hall–Kier alpha value is -1.95. The first-order valence-electron chi connectivity index (χ1n) is 6.12. The Morgan fingerprint density at radius 2 is 2.21 bits per heavy atom. The maximum Gasteiger partial charge on any atom is 0.251 e. The van der Waals surface area contributed by atoms with Gasteiger partial charge in [-0.15, -0.1) is 0 Å². The Kier molecular flexibility index (Phi) is 3.80. The summed E-state index contributed by atoms with van der Waals surface area (Å²) in [7, 11) is 0. The maximum atomic E-state index is 13.3. The van der Waals surface area contributed by atoms with Crippen LogP contribution in [0.15, 0.2) is 18.2 Å². The van der Waals surface area contributed by atoms with Crippen molar-refractivity contribution in [3.63, 3.8) is 0 Å². The van der Waals surface area contributed by atoms with E-state index in [4.69, 9.17) is 5.73 Å². The first-order chi connectivity index (χ1) is 8.99. The van der Waals surface area contributed by atoms with Crippen LogP contribution in [0.5, 0.6) is 0 Å². The highest BCUT2D eigenvalue weighted by atomic mass is 19.1. The summed E-state index contributed by atoms with van der Waals surface area (Å²) >= 11 is 0. The summed E-state index contributed by atoms with van der Waals surface area (Å²) in [6, 6.07) is 3.89. The van der Waals surface area contributed by atoms with E-state index in [1.165, 1.54) is 12.1 Å². The van der Waals surface area contributed by atoms with Gasteiger partial charge in [0, 0.05) is 11.7 Å². The van der Waals surface area contributed by atoms with Crippen LogP contribution in [0.25, 0.3) is 0 Å². The van der Waals surface area contributed by atoms with E-state index in [0.717, 1.165) is 19.0 Å². The summed E-state index contributed by atoms with van der Waals surface area (Å²) in [4.78, 5) is 23.1. The number of benzene rings is 1. The molecule has 2 rings (SSSR count). The number of anilines is 1. The lowest BCUT2D eigenvalue weighted by molar-refractivity contribution is -0.120. The lowest BCUT2D eigenvalue weighted by Gasteiger charge is -2.15. The molecule has 5 nitrogen and oxygen atoms in total. The van der Waals surface area contributed by atoms with Crippen LogP contribution in [0.2, 0.25) is 0 Å². The molecule has 0 radical (unpaired) electrons. The van der Waals surface area contributed by atoms with Crippen molar-refractivity contribution < 1.29 is 14.0 Å². The molecule has 2 atom stereocenters. The van der Waals surface area contributed by atoms with E-state index in [1.807, 2.05) is 6.92 Å². The predicted octanol–water partition coefficient (Wildman–Crippen LogP) is 0.861. The van der Waals surface area contributed by atoms with Crippen LogP contribution >= 0.6 is 0 Å². The third-order valence-corrected chi connectivity index (χ3v) is 3.36. The van der Waals surface area contributed by atoms with Crippen LogP contribution in [-0.4, -0.2) is 24.4 Å². The average Bonchev–Trinajstić information content (AvgIpc) is 2.77. The van der Waals surface area contributed by atoms with Crippen LogP contribution in [-0.2, 0) is 4.79 Å². The monoisotopic (exact) mass is 265 g/mol. The molecule has 1 saturated heterocycles. The molecule has 4 N–H and O–H groups in total. The number of nitrogens with one attached hydrogen (secondary N) is 2. The van der Waals surface area contributed by atoms with E-state index in [2.05, 4.69) is 10.6 Å². The van der Waals surface area contributed by atoms with Gasteiger partial charge in [0.15, 0.2) is 0 Å². The van der Waals surface area contributed by atoms with Crippen molar-refractivity contribution in [1.82, 2.24) is 5.32 Å². The Morgan fingerprint density at radius 3 is 2.79 bits per heavy atom. The molecule has 1 aromatic carbocycles. The fourth-order valence-corrected chi connectivity index (χ4v) is 2.24. The SMILES string of the molecule is CC1NCCC1C(=O)Nc1ccc(F)c(C(N)=O)c1. The highest BCUT2D eigenvalue weighted by molar-refractivity contribution is 5.97. The largest absolute Gasteiger partial charge is 0.366 e. The van der Waals surface area contributed by atoms with Crippen molar-refractivity contribution in [3.8, 4) is 0 Å².